The van der Waals surface area contributed by atoms with Gasteiger partial charge in [0.2, 0.25) is 0 Å². The summed E-state index contributed by atoms with van der Waals surface area (Å²) < 4.78 is 8.10. The Labute approximate surface area is 227 Å². The van der Waals surface area contributed by atoms with E-state index in [1.54, 1.807) is 18.2 Å². The monoisotopic (exact) mass is 521 g/mol. The molecule has 39 heavy (non-hydrogen) atoms. The van der Waals surface area contributed by atoms with E-state index in [4.69, 9.17) is 4.74 Å². The van der Waals surface area contributed by atoms with Gasteiger partial charge >= 0.3 is 6.03 Å². The number of ether oxygens (including phenoxy) is 1. The smallest absolute Gasteiger partial charge is 0.335 e. The molecule has 198 valence electrons. The number of benzene rings is 3. The molecule has 0 unspecified atom stereocenters. The topological polar surface area (TPSA) is 80.6 Å². The first kappa shape index (κ1) is 26.0. The number of anilines is 1. The minimum atomic E-state index is -0.752. The molecule has 7 heteroatoms. The number of nitrogens with one attached hydrogen (secondary N) is 1. The number of fused-ring (bicyclic) bond motifs is 1. The standard InChI is InChI=1S/C32H31N3O4/c1-4-23-11-13-25(14-12-23)35-31(37)27(30(36)33-32(35)38)19-24-20-34(28-9-6-5-8-26(24)28)16-7-17-39-29-15-10-21(2)18-22(29)3/h5-6,8-15,18-20H,4,7,16-17H2,1-3H3,(H,33,36,38). The lowest BCUT2D eigenvalue weighted by Crippen LogP contribution is -2.54. The summed E-state index contributed by atoms with van der Waals surface area (Å²) in [5, 5.41) is 3.23. The second-order valence-electron chi connectivity index (χ2n) is 9.74. The van der Waals surface area contributed by atoms with Crippen molar-refractivity contribution in [1.29, 1.82) is 0 Å². The molecule has 5 rings (SSSR count). The van der Waals surface area contributed by atoms with Crippen LogP contribution < -0.4 is 15.0 Å². The van der Waals surface area contributed by atoms with Crippen LogP contribution in [-0.2, 0) is 22.6 Å². The molecule has 0 saturated carbocycles. The number of para-hydroxylation sites is 1. The van der Waals surface area contributed by atoms with Crippen LogP contribution in [0.1, 0.15) is 35.6 Å². The molecule has 1 N–H and O–H groups in total. The molecular weight excluding hydrogens is 490 g/mol. The van der Waals surface area contributed by atoms with Gasteiger partial charge in [-0.2, -0.15) is 0 Å². The summed E-state index contributed by atoms with van der Waals surface area (Å²) in [6.45, 7) is 7.38. The maximum absolute atomic E-state index is 13.4. The summed E-state index contributed by atoms with van der Waals surface area (Å²) in [5.41, 5.74) is 5.45. The SMILES string of the molecule is CCc1ccc(N2C(=O)NC(=O)C(=Cc3cn(CCCOc4ccc(C)cc4C)c4ccccc34)C2=O)cc1. The molecule has 1 saturated heterocycles. The predicted octanol–water partition coefficient (Wildman–Crippen LogP) is 5.96. The van der Waals surface area contributed by atoms with E-state index in [1.807, 2.05) is 68.6 Å². The van der Waals surface area contributed by atoms with Crippen molar-refractivity contribution in [3.8, 4) is 5.75 Å². The van der Waals surface area contributed by atoms with Gasteiger partial charge in [-0.1, -0.05) is 55.0 Å². The van der Waals surface area contributed by atoms with Crippen molar-refractivity contribution in [2.45, 2.75) is 40.2 Å². The van der Waals surface area contributed by atoms with E-state index in [0.29, 0.717) is 18.8 Å². The molecule has 1 aliphatic rings. The Kier molecular flexibility index (Phi) is 7.32. The van der Waals surface area contributed by atoms with E-state index >= 15 is 0 Å². The number of urea groups is 1. The van der Waals surface area contributed by atoms with Gasteiger partial charge in [-0.05, 0) is 68.2 Å². The summed E-state index contributed by atoms with van der Waals surface area (Å²) in [6.07, 6.45) is 5.12. The highest BCUT2D eigenvalue weighted by atomic mass is 16.5. The van der Waals surface area contributed by atoms with Crippen molar-refractivity contribution in [3.05, 3.63) is 101 Å². The summed E-state index contributed by atoms with van der Waals surface area (Å²) in [6, 6.07) is 20.4. The Hall–Kier alpha value is -4.65. The van der Waals surface area contributed by atoms with Crippen LogP contribution >= 0.6 is 0 Å². The fraction of sp³-hybridized carbons (Fsp3) is 0.219. The number of barbiturate groups is 1. The fourth-order valence-electron chi connectivity index (χ4n) is 4.88. The van der Waals surface area contributed by atoms with Gasteiger partial charge in [-0.3, -0.25) is 14.9 Å². The zero-order valence-electron chi connectivity index (χ0n) is 22.4. The number of hydrogen-bond acceptors (Lipinski definition) is 4. The van der Waals surface area contributed by atoms with Crippen molar-refractivity contribution in [2.24, 2.45) is 0 Å². The molecule has 3 aromatic carbocycles. The number of amides is 4. The number of imide groups is 2. The molecule has 0 bridgehead atoms. The van der Waals surface area contributed by atoms with Gasteiger partial charge in [0.05, 0.1) is 12.3 Å². The summed E-state index contributed by atoms with van der Waals surface area (Å²) >= 11 is 0. The number of aryl methyl sites for hydroxylation is 4. The number of carbonyl (C=O) groups excluding carboxylic acids is 3. The van der Waals surface area contributed by atoms with E-state index in [1.165, 1.54) is 5.56 Å². The molecule has 7 nitrogen and oxygen atoms in total. The average molecular weight is 522 g/mol. The first-order valence-electron chi connectivity index (χ1n) is 13.1. The Balaban J connectivity index is 1.38. The molecule has 0 atom stereocenters. The van der Waals surface area contributed by atoms with Crippen molar-refractivity contribution >= 4 is 40.5 Å². The van der Waals surface area contributed by atoms with Gasteiger partial charge in [-0.15, -0.1) is 0 Å². The zero-order valence-corrected chi connectivity index (χ0v) is 22.4. The van der Waals surface area contributed by atoms with Crippen molar-refractivity contribution in [2.75, 3.05) is 11.5 Å². The van der Waals surface area contributed by atoms with Crippen molar-refractivity contribution < 1.29 is 19.1 Å². The van der Waals surface area contributed by atoms with Crippen LogP contribution in [0.15, 0.2) is 78.5 Å². The second-order valence-corrected chi connectivity index (χ2v) is 9.74. The number of rotatable bonds is 8. The average Bonchev–Trinajstić information content (AvgIpc) is 3.27. The van der Waals surface area contributed by atoms with E-state index < -0.39 is 17.8 Å². The minimum Gasteiger partial charge on any atom is -0.493 e. The Morgan fingerprint density at radius 3 is 2.46 bits per heavy atom. The molecule has 1 aliphatic heterocycles. The van der Waals surface area contributed by atoms with Crippen LogP contribution in [0.5, 0.6) is 5.75 Å². The van der Waals surface area contributed by atoms with Crippen LogP contribution in [-0.4, -0.2) is 29.0 Å². The van der Waals surface area contributed by atoms with Crippen LogP contribution in [0.25, 0.3) is 17.0 Å². The van der Waals surface area contributed by atoms with E-state index in [2.05, 4.69) is 22.9 Å². The second kappa shape index (κ2) is 11.0. The maximum atomic E-state index is 13.4. The van der Waals surface area contributed by atoms with E-state index in [0.717, 1.165) is 51.1 Å². The summed E-state index contributed by atoms with van der Waals surface area (Å²) in [5.74, 6) is -0.467. The minimum absolute atomic E-state index is 0.0877. The lowest BCUT2D eigenvalue weighted by atomic mass is 10.1. The van der Waals surface area contributed by atoms with Crippen molar-refractivity contribution in [3.63, 3.8) is 0 Å². The molecule has 4 amide bonds. The van der Waals surface area contributed by atoms with Crippen molar-refractivity contribution in [1.82, 2.24) is 9.88 Å². The van der Waals surface area contributed by atoms with Gasteiger partial charge in [-0.25, -0.2) is 9.69 Å². The van der Waals surface area contributed by atoms with E-state index in [-0.39, 0.29) is 5.57 Å². The summed E-state index contributed by atoms with van der Waals surface area (Å²) in [4.78, 5) is 39.8. The van der Waals surface area contributed by atoms with Crippen LogP contribution in [0, 0.1) is 13.8 Å². The van der Waals surface area contributed by atoms with Gasteiger partial charge in [0.15, 0.2) is 0 Å². The van der Waals surface area contributed by atoms with Gasteiger partial charge in [0.25, 0.3) is 11.8 Å². The Morgan fingerprint density at radius 2 is 1.72 bits per heavy atom. The molecule has 0 spiro atoms. The Morgan fingerprint density at radius 1 is 0.949 bits per heavy atom. The molecule has 4 aromatic rings. The normalized spacial score (nSPS) is 14.8. The predicted molar refractivity (Wildman–Crippen MR) is 153 cm³/mol. The first-order chi connectivity index (χ1) is 18.9. The number of hydrogen-bond donors (Lipinski definition) is 1. The molecule has 0 radical (unpaired) electrons. The number of nitrogens with zero attached hydrogens (tertiary/aromatic N) is 2. The van der Waals surface area contributed by atoms with Gasteiger partial charge < -0.3 is 9.30 Å². The summed E-state index contributed by atoms with van der Waals surface area (Å²) in [7, 11) is 0. The fourth-order valence-corrected chi connectivity index (χ4v) is 4.88. The number of aromatic nitrogens is 1. The van der Waals surface area contributed by atoms with Gasteiger partial charge in [0.1, 0.15) is 11.3 Å². The van der Waals surface area contributed by atoms with Crippen LogP contribution in [0.2, 0.25) is 0 Å². The lowest BCUT2D eigenvalue weighted by Gasteiger charge is -2.26. The highest BCUT2D eigenvalue weighted by Crippen LogP contribution is 2.27. The van der Waals surface area contributed by atoms with Crippen LogP contribution in [0.3, 0.4) is 0 Å². The quantitative estimate of drug-likeness (QED) is 0.176. The molecule has 0 aliphatic carbocycles. The molecule has 2 heterocycles. The molecule has 1 aromatic heterocycles. The third-order valence-electron chi connectivity index (χ3n) is 6.96. The highest BCUT2D eigenvalue weighted by molar-refractivity contribution is 6.39. The Bertz CT molecular complexity index is 1600. The maximum Gasteiger partial charge on any atom is 0.335 e. The van der Waals surface area contributed by atoms with Crippen LogP contribution in [0.4, 0.5) is 10.5 Å². The van der Waals surface area contributed by atoms with Gasteiger partial charge in [0, 0.05) is 29.2 Å². The largest absolute Gasteiger partial charge is 0.493 e. The zero-order chi connectivity index (χ0) is 27.5. The molecular formula is C32H31N3O4. The highest BCUT2D eigenvalue weighted by Gasteiger charge is 2.37. The molecule has 1 fully saturated rings. The number of carbonyl (C=O) groups is 3. The lowest BCUT2D eigenvalue weighted by molar-refractivity contribution is -0.122. The first-order valence-corrected chi connectivity index (χ1v) is 13.1. The third kappa shape index (κ3) is 5.34. The third-order valence-corrected chi connectivity index (χ3v) is 6.96. The van der Waals surface area contributed by atoms with E-state index in [9.17, 15) is 14.4 Å².